The Hall–Kier alpha value is -3.70. The van der Waals surface area contributed by atoms with E-state index in [4.69, 9.17) is 5.73 Å². The molecule has 0 aliphatic heterocycles. The third kappa shape index (κ3) is 2.90. The molecule has 3 aliphatic carbocycles. The molecule has 1 amide bonds. The number of carbonyl (C=O) groups excluding carboxylic acids is 3. The van der Waals surface area contributed by atoms with Crippen molar-refractivity contribution in [3.63, 3.8) is 0 Å². The maximum absolute atomic E-state index is 13.5. The van der Waals surface area contributed by atoms with E-state index in [1.165, 1.54) is 24.0 Å². The number of nitrogens with two attached hydrogens (primary N) is 1. The number of primary amides is 1. The summed E-state index contributed by atoms with van der Waals surface area (Å²) in [7, 11) is 3.12. The number of phenols is 1. The van der Waals surface area contributed by atoms with Crippen LogP contribution < -0.4 is 5.73 Å². The maximum atomic E-state index is 13.5. The first-order chi connectivity index (χ1) is 15.9. The molecule has 4 rings (SSSR count). The van der Waals surface area contributed by atoms with Crippen LogP contribution in [0, 0.1) is 11.8 Å². The second kappa shape index (κ2) is 7.67. The normalized spacial score (nSPS) is 29.2. The molecule has 0 fully saturated rings. The van der Waals surface area contributed by atoms with Gasteiger partial charge >= 0.3 is 0 Å². The van der Waals surface area contributed by atoms with Gasteiger partial charge in [-0.3, -0.25) is 19.3 Å². The highest BCUT2D eigenvalue weighted by atomic mass is 16.4. The summed E-state index contributed by atoms with van der Waals surface area (Å²) in [6.45, 7) is 1.52. The molecule has 1 aromatic rings. The van der Waals surface area contributed by atoms with Crippen LogP contribution >= 0.6 is 0 Å². The molecule has 4 atom stereocenters. The van der Waals surface area contributed by atoms with Crippen LogP contribution in [0.5, 0.6) is 5.75 Å². The summed E-state index contributed by atoms with van der Waals surface area (Å²) in [6, 6.07) is 1.69. The first-order valence-corrected chi connectivity index (χ1v) is 10.6. The smallest absolute Gasteiger partial charge is 0.255 e. The molecule has 0 saturated heterocycles. The van der Waals surface area contributed by atoms with Crippen LogP contribution in [-0.2, 0) is 16.0 Å². The van der Waals surface area contributed by atoms with Crippen molar-refractivity contribution in [1.82, 2.24) is 4.90 Å². The molecule has 180 valence electrons. The van der Waals surface area contributed by atoms with Gasteiger partial charge in [-0.05, 0) is 57.5 Å². The molecule has 0 aromatic heterocycles. The molecule has 0 saturated carbocycles. The van der Waals surface area contributed by atoms with Crippen LogP contribution in [0.2, 0.25) is 0 Å². The molecular formula is C23H25N3O8. The van der Waals surface area contributed by atoms with Crippen molar-refractivity contribution in [2.24, 2.45) is 22.7 Å². The number of allylic oxidation sites excluding steroid dienone is 1. The van der Waals surface area contributed by atoms with E-state index in [0.717, 1.165) is 0 Å². The Morgan fingerprint density at radius 3 is 2.41 bits per heavy atom. The van der Waals surface area contributed by atoms with Crippen LogP contribution in [0.3, 0.4) is 0 Å². The lowest BCUT2D eigenvalue weighted by molar-refractivity contribution is -0.148. The number of likely N-dealkylation sites (N-methyl/N-ethyl adjacent to an activating group) is 1. The minimum absolute atomic E-state index is 0.0177. The summed E-state index contributed by atoms with van der Waals surface area (Å²) >= 11 is 0. The van der Waals surface area contributed by atoms with E-state index >= 15 is 0 Å². The maximum Gasteiger partial charge on any atom is 0.255 e. The van der Waals surface area contributed by atoms with Gasteiger partial charge in [0.2, 0.25) is 5.78 Å². The zero-order valence-corrected chi connectivity index (χ0v) is 18.7. The second-order valence-electron chi connectivity index (χ2n) is 9.13. The molecule has 11 nitrogen and oxygen atoms in total. The van der Waals surface area contributed by atoms with Crippen molar-refractivity contribution in [3.8, 4) is 5.75 Å². The molecule has 0 radical (unpaired) electrons. The Bertz CT molecular complexity index is 1240. The minimum Gasteiger partial charge on any atom is -0.510 e. The van der Waals surface area contributed by atoms with Gasteiger partial charge < -0.3 is 31.4 Å². The molecule has 11 heteroatoms. The van der Waals surface area contributed by atoms with Crippen LogP contribution in [0.25, 0.3) is 0 Å². The number of Topliss-reactive ketones (excluding diaryl/α,β-unsaturated/α-hetero) is 2. The zero-order chi connectivity index (χ0) is 25.3. The molecule has 3 aliphatic rings. The Kier molecular flexibility index (Phi) is 5.29. The number of fused-ring (bicyclic) bond motifs is 3. The summed E-state index contributed by atoms with van der Waals surface area (Å²) in [4.78, 5) is 40.2. The topological polar surface area (TPSA) is 194 Å². The van der Waals surface area contributed by atoms with Gasteiger partial charge in [0.15, 0.2) is 11.4 Å². The summed E-state index contributed by atoms with van der Waals surface area (Å²) in [5, 5.41) is 56.3. The number of aliphatic hydroxyl groups is 3. The number of aromatic hydroxyl groups is 1. The van der Waals surface area contributed by atoms with Crippen LogP contribution in [0.1, 0.15) is 34.8 Å². The van der Waals surface area contributed by atoms with Crippen molar-refractivity contribution in [1.29, 1.82) is 0 Å². The van der Waals surface area contributed by atoms with Crippen molar-refractivity contribution < 1.29 is 40.0 Å². The number of oxime groups is 1. The number of rotatable bonds is 3. The number of benzene rings is 1. The largest absolute Gasteiger partial charge is 0.510 e. The van der Waals surface area contributed by atoms with E-state index in [-0.39, 0.29) is 35.4 Å². The van der Waals surface area contributed by atoms with E-state index in [9.17, 15) is 40.0 Å². The van der Waals surface area contributed by atoms with Crippen LogP contribution in [0.4, 0.5) is 0 Å². The molecule has 4 unspecified atom stereocenters. The van der Waals surface area contributed by atoms with Gasteiger partial charge in [0, 0.05) is 17.1 Å². The van der Waals surface area contributed by atoms with Crippen molar-refractivity contribution in [2.75, 3.05) is 14.1 Å². The number of carbonyl (C=O) groups is 3. The molecular weight excluding hydrogens is 446 g/mol. The number of hydrogen-bond acceptors (Lipinski definition) is 10. The van der Waals surface area contributed by atoms with Crippen molar-refractivity contribution >= 4 is 23.2 Å². The van der Waals surface area contributed by atoms with Crippen LogP contribution in [-0.4, -0.2) is 79.5 Å². The van der Waals surface area contributed by atoms with Gasteiger partial charge in [0.25, 0.3) is 5.91 Å². The predicted molar refractivity (Wildman–Crippen MR) is 118 cm³/mol. The van der Waals surface area contributed by atoms with Crippen molar-refractivity contribution in [3.05, 3.63) is 51.5 Å². The first-order valence-electron chi connectivity index (χ1n) is 10.6. The number of ketones is 2. The first kappa shape index (κ1) is 23.5. The fourth-order valence-corrected chi connectivity index (χ4v) is 5.64. The number of hydrogen-bond donors (Lipinski definition) is 6. The second-order valence-corrected chi connectivity index (χ2v) is 9.13. The fourth-order valence-electron chi connectivity index (χ4n) is 5.64. The highest BCUT2D eigenvalue weighted by Gasteiger charge is 2.63. The average Bonchev–Trinajstić information content (AvgIpc) is 2.75. The van der Waals surface area contributed by atoms with Crippen LogP contribution in [0.15, 0.2) is 40.0 Å². The Morgan fingerprint density at radius 1 is 1.21 bits per heavy atom. The highest BCUT2D eigenvalue weighted by molar-refractivity contribution is 6.25. The summed E-state index contributed by atoms with van der Waals surface area (Å²) in [5.41, 5.74) is 2.41. The Labute approximate surface area is 194 Å². The fraction of sp³-hybridized carbons (Fsp3) is 0.391. The van der Waals surface area contributed by atoms with Crippen molar-refractivity contribution in [2.45, 2.75) is 31.4 Å². The van der Waals surface area contributed by atoms with Gasteiger partial charge in [-0.25, -0.2) is 0 Å². The number of aliphatic hydroxyl groups excluding tert-OH is 2. The van der Waals surface area contributed by atoms with Gasteiger partial charge in [-0.15, -0.1) is 0 Å². The summed E-state index contributed by atoms with van der Waals surface area (Å²) in [6.07, 6.45) is 0.0985. The average molecular weight is 471 g/mol. The monoisotopic (exact) mass is 471 g/mol. The van der Waals surface area contributed by atoms with Gasteiger partial charge in [-0.2, -0.15) is 0 Å². The minimum atomic E-state index is -2.68. The molecule has 0 heterocycles. The summed E-state index contributed by atoms with van der Waals surface area (Å²) < 4.78 is 0. The SMILES string of the molecule is C/C(=N/O)c1ccc(O)c2c1CC1CC3C(N(C)C)C(O)=C(C(N)=O)C(=O)C3(O)C(O)=C1C2=O. The lowest BCUT2D eigenvalue weighted by Crippen LogP contribution is -2.63. The molecule has 1 aromatic carbocycles. The van der Waals surface area contributed by atoms with Gasteiger partial charge in [0.05, 0.1) is 17.3 Å². The van der Waals surface area contributed by atoms with Gasteiger partial charge in [-0.1, -0.05) is 5.16 Å². The Morgan fingerprint density at radius 2 is 1.85 bits per heavy atom. The third-order valence-corrected chi connectivity index (χ3v) is 7.15. The molecule has 34 heavy (non-hydrogen) atoms. The van der Waals surface area contributed by atoms with E-state index in [2.05, 4.69) is 5.16 Å². The molecule has 0 spiro atoms. The molecule has 7 N–H and O–H groups in total. The molecule has 0 bridgehead atoms. The predicted octanol–water partition coefficient (Wildman–Crippen LogP) is 0.319. The number of nitrogens with zero attached hydrogens (tertiary/aromatic N) is 2. The third-order valence-electron chi connectivity index (χ3n) is 7.15. The quantitative estimate of drug-likeness (QED) is 0.156. The summed E-state index contributed by atoms with van der Waals surface area (Å²) in [5.74, 6) is -7.09. The standard InChI is InChI=1S/C23H25N3O8/c1-8(25-34)10-4-5-13(27)15-11(10)6-9-7-12-17(26(2)3)19(29)16(22(24)32)21(31)23(12,33)20(30)14(9)18(15)28/h4-5,9,12,17,27,29-30,33-34H,6-7H2,1-3H3,(H2,24,32)/b25-8-. The highest BCUT2D eigenvalue weighted by Crippen LogP contribution is 2.52. The van der Waals surface area contributed by atoms with E-state index < -0.39 is 58.0 Å². The lowest BCUT2D eigenvalue weighted by atomic mass is 9.58. The van der Waals surface area contributed by atoms with E-state index in [1.54, 1.807) is 14.1 Å². The Balaban J connectivity index is 1.98. The number of amides is 1. The number of phenolic OH excluding ortho intramolecular Hbond substituents is 1. The van der Waals surface area contributed by atoms with E-state index in [1.807, 2.05) is 0 Å². The van der Waals surface area contributed by atoms with Gasteiger partial charge in [0.1, 0.15) is 22.8 Å². The zero-order valence-electron chi connectivity index (χ0n) is 18.7. The van der Waals surface area contributed by atoms with E-state index in [0.29, 0.717) is 11.1 Å². The lowest BCUT2D eigenvalue weighted by Gasteiger charge is -2.50.